The predicted molar refractivity (Wildman–Crippen MR) is 109 cm³/mol. The number of guanidine groups is 1. The van der Waals surface area contributed by atoms with Gasteiger partial charge in [-0.15, -0.1) is 0 Å². The molecule has 1 heterocycles. The zero-order valence-corrected chi connectivity index (χ0v) is 16.3. The first-order chi connectivity index (χ1) is 13.3. The van der Waals surface area contributed by atoms with Gasteiger partial charge in [0.05, 0.1) is 12.2 Å². The highest BCUT2D eigenvalue weighted by Crippen LogP contribution is 2.14. The van der Waals surface area contributed by atoms with Gasteiger partial charge in [-0.3, -0.25) is 4.98 Å². The van der Waals surface area contributed by atoms with Crippen molar-refractivity contribution < 1.29 is 9.47 Å². The smallest absolute Gasteiger partial charge is 0.191 e. The van der Waals surface area contributed by atoms with Crippen molar-refractivity contribution in [2.45, 2.75) is 33.4 Å². The molecule has 0 fully saturated rings. The van der Waals surface area contributed by atoms with Crippen LogP contribution in [0.25, 0.3) is 0 Å². The van der Waals surface area contributed by atoms with Crippen molar-refractivity contribution in [3.63, 3.8) is 0 Å². The summed E-state index contributed by atoms with van der Waals surface area (Å²) in [5.74, 6) is 1.65. The Hall–Kier alpha value is -2.60. The van der Waals surface area contributed by atoms with Gasteiger partial charge in [0.2, 0.25) is 0 Å². The third kappa shape index (κ3) is 8.55. The first-order valence-corrected chi connectivity index (χ1v) is 9.53. The van der Waals surface area contributed by atoms with Gasteiger partial charge in [-0.25, -0.2) is 4.99 Å². The molecule has 0 atom stereocenters. The minimum absolute atomic E-state index is 0.467. The highest BCUT2D eigenvalue weighted by atomic mass is 16.5. The maximum Gasteiger partial charge on any atom is 0.191 e. The van der Waals surface area contributed by atoms with Crippen molar-refractivity contribution in [1.29, 1.82) is 0 Å². The molecule has 0 saturated carbocycles. The minimum atomic E-state index is 0.467. The van der Waals surface area contributed by atoms with Crippen LogP contribution in [0.5, 0.6) is 5.75 Å². The summed E-state index contributed by atoms with van der Waals surface area (Å²) in [5.41, 5.74) is 2.04. The molecule has 0 aliphatic carbocycles. The third-order valence-electron chi connectivity index (χ3n) is 3.76. The summed E-state index contributed by atoms with van der Waals surface area (Å²) in [6, 6.07) is 13.8. The van der Waals surface area contributed by atoms with Gasteiger partial charge < -0.3 is 20.1 Å². The summed E-state index contributed by atoms with van der Waals surface area (Å²) >= 11 is 0. The Bertz CT molecular complexity index is 660. The number of ether oxygens (including phenoxy) is 2. The normalized spacial score (nSPS) is 11.3. The zero-order valence-electron chi connectivity index (χ0n) is 16.3. The van der Waals surface area contributed by atoms with E-state index in [9.17, 15) is 0 Å². The van der Waals surface area contributed by atoms with Crippen molar-refractivity contribution in [3.05, 3.63) is 59.9 Å². The summed E-state index contributed by atoms with van der Waals surface area (Å²) in [5, 5.41) is 6.59. The molecule has 0 aliphatic rings. The molecule has 2 rings (SSSR count). The van der Waals surface area contributed by atoms with Crippen LogP contribution in [0.3, 0.4) is 0 Å². The summed E-state index contributed by atoms with van der Waals surface area (Å²) in [6.07, 6.45) is 2.73. The Kier molecular flexibility index (Phi) is 9.74. The van der Waals surface area contributed by atoms with Gasteiger partial charge in [-0.2, -0.15) is 0 Å². The Balaban J connectivity index is 1.79. The molecule has 2 N–H and O–H groups in total. The molecule has 0 spiro atoms. The molecule has 6 heteroatoms. The molecular weight excluding hydrogens is 340 g/mol. The Morgan fingerprint density at radius 1 is 1.07 bits per heavy atom. The molecule has 6 nitrogen and oxygen atoms in total. The van der Waals surface area contributed by atoms with Gasteiger partial charge in [-0.05, 0) is 50.1 Å². The summed E-state index contributed by atoms with van der Waals surface area (Å²) in [4.78, 5) is 8.88. The minimum Gasteiger partial charge on any atom is -0.487 e. The van der Waals surface area contributed by atoms with Crippen molar-refractivity contribution in [2.24, 2.45) is 4.99 Å². The average molecular weight is 370 g/mol. The van der Waals surface area contributed by atoms with Crippen LogP contribution < -0.4 is 15.4 Å². The molecule has 0 saturated heterocycles. The maximum absolute atomic E-state index is 5.76. The van der Waals surface area contributed by atoms with Gasteiger partial charge in [0.25, 0.3) is 0 Å². The van der Waals surface area contributed by atoms with E-state index in [2.05, 4.69) is 27.5 Å². The average Bonchev–Trinajstić information content (AvgIpc) is 2.72. The van der Waals surface area contributed by atoms with Gasteiger partial charge in [0.15, 0.2) is 5.96 Å². The van der Waals surface area contributed by atoms with E-state index < -0.39 is 0 Å². The summed E-state index contributed by atoms with van der Waals surface area (Å²) in [6.45, 7) is 8.34. The van der Waals surface area contributed by atoms with Crippen LogP contribution in [0, 0.1) is 0 Å². The SMILES string of the molecule is CCNC(=NCc1ccc(OCc2ccccn2)cc1)NCCCOCC. The lowest BCUT2D eigenvalue weighted by Gasteiger charge is -2.11. The van der Waals surface area contributed by atoms with Gasteiger partial charge in [-0.1, -0.05) is 18.2 Å². The Labute approximate surface area is 162 Å². The van der Waals surface area contributed by atoms with E-state index in [-0.39, 0.29) is 0 Å². The number of pyridine rings is 1. The fraction of sp³-hybridized carbons (Fsp3) is 0.429. The van der Waals surface area contributed by atoms with E-state index >= 15 is 0 Å². The van der Waals surface area contributed by atoms with Gasteiger partial charge in [0.1, 0.15) is 12.4 Å². The van der Waals surface area contributed by atoms with Crippen molar-refractivity contribution in [1.82, 2.24) is 15.6 Å². The second-order valence-corrected chi connectivity index (χ2v) is 5.93. The van der Waals surface area contributed by atoms with E-state index in [0.717, 1.165) is 55.7 Å². The second-order valence-electron chi connectivity index (χ2n) is 5.93. The Morgan fingerprint density at radius 3 is 2.63 bits per heavy atom. The quantitative estimate of drug-likeness (QED) is 0.361. The fourth-order valence-corrected chi connectivity index (χ4v) is 2.37. The van der Waals surface area contributed by atoms with Crippen molar-refractivity contribution in [3.8, 4) is 5.75 Å². The first-order valence-electron chi connectivity index (χ1n) is 9.53. The fourth-order valence-electron chi connectivity index (χ4n) is 2.37. The molecule has 1 aromatic heterocycles. The van der Waals surface area contributed by atoms with Crippen molar-refractivity contribution >= 4 is 5.96 Å². The van der Waals surface area contributed by atoms with E-state index in [1.807, 2.05) is 49.4 Å². The summed E-state index contributed by atoms with van der Waals surface area (Å²) < 4.78 is 11.1. The van der Waals surface area contributed by atoms with Crippen LogP contribution in [0.4, 0.5) is 0 Å². The number of aromatic nitrogens is 1. The number of hydrogen-bond donors (Lipinski definition) is 2. The number of benzene rings is 1. The summed E-state index contributed by atoms with van der Waals surface area (Å²) in [7, 11) is 0. The number of hydrogen-bond acceptors (Lipinski definition) is 4. The second kappa shape index (κ2) is 12.7. The number of nitrogens with one attached hydrogen (secondary N) is 2. The lowest BCUT2D eigenvalue weighted by Crippen LogP contribution is -2.38. The molecule has 0 amide bonds. The molecule has 146 valence electrons. The van der Waals surface area contributed by atoms with E-state index in [1.165, 1.54) is 0 Å². The molecule has 27 heavy (non-hydrogen) atoms. The number of rotatable bonds is 11. The molecule has 0 radical (unpaired) electrons. The highest BCUT2D eigenvalue weighted by Gasteiger charge is 2.00. The van der Waals surface area contributed by atoms with Crippen LogP contribution in [0.1, 0.15) is 31.5 Å². The molecule has 0 aliphatic heterocycles. The van der Waals surface area contributed by atoms with Gasteiger partial charge in [0, 0.05) is 32.5 Å². The Morgan fingerprint density at radius 2 is 1.93 bits per heavy atom. The largest absolute Gasteiger partial charge is 0.487 e. The highest BCUT2D eigenvalue weighted by molar-refractivity contribution is 5.79. The van der Waals surface area contributed by atoms with Crippen LogP contribution in [0.15, 0.2) is 53.7 Å². The van der Waals surface area contributed by atoms with Crippen molar-refractivity contribution in [2.75, 3.05) is 26.3 Å². The van der Waals surface area contributed by atoms with Gasteiger partial charge >= 0.3 is 0 Å². The number of nitrogens with zero attached hydrogens (tertiary/aromatic N) is 2. The standard InChI is InChI=1S/C21H30N4O2/c1-3-22-21(24-14-7-15-26-4-2)25-16-18-9-11-20(12-10-18)27-17-19-8-5-6-13-23-19/h5-6,8-13H,3-4,7,14-17H2,1-2H3,(H2,22,24,25). The van der Waals surface area contributed by atoms with Crippen LogP contribution in [0.2, 0.25) is 0 Å². The topological polar surface area (TPSA) is 67.8 Å². The molecular formula is C21H30N4O2. The molecule has 0 unspecified atom stereocenters. The van der Waals surface area contributed by atoms with Crippen LogP contribution in [-0.4, -0.2) is 37.2 Å². The van der Waals surface area contributed by atoms with E-state index in [4.69, 9.17) is 9.47 Å². The third-order valence-corrected chi connectivity index (χ3v) is 3.76. The number of aliphatic imine (C=N–C) groups is 1. The monoisotopic (exact) mass is 370 g/mol. The predicted octanol–water partition coefficient (Wildman–Crippen LogP) is 3.14. The molecule has 1 aromatic carbocycles. The van der Waals surface area contributed by atoms with Crippen LogP contribution >= 0.6 is 0 Å². The molecule has 0 bridgehead atoms. The zero-order chi connectivity index (χ0) is 19.2. The maximum atomic E-state index is 5.76. The van der Waals surface area contributed by atoms with E-state index in [1.54, 1.807) is 6.20 Å². The molecule has 2 aromatic rings. The van der Waals surface area contributed by atoms with Crippen LogP contribution in [-0.2, 0) is 17.9 Å². The lowest BCUT2D eigenvalue weighted by atomic mass is 10.2. The first kappa shape index (κ1) is 20.7. The lowest BCUT2D eigenvalue weighted by molar-refractivity contribution is 0.145. The van der Waals surface area contributed by atoms with E-state index in [0.29, 0.717) is 13.2 Å².